The van der Waals surface area contributed by atoms with Crippen LogP contribution in [0.1, 0.15) is 49.3 Å². The van der Waals surface area contributed by atoms with Crippen molar-refractivity contribution in [2.45, 2.75) is 50.2 Å². The highest BCUT2D eigenvalue weighted by Gasteiger charge is 2.27. The van der Waals surface area contributed by atoms with Crippen LogP contribution in [0.5, 0.6) is 0 Å². The third kappa shape index (κ3) is 2.32. The summed E-state index contributed by atoms with van der Waals surface area (Å²) in [5, 5.41) is 22.0. The van der Waals surface area contributed by atoms with Crippen molar-refractivity contribution in [3.8, 4) is 6.07 Å². The molecule has 2 unspecified atom stereocenters. The van der Waals surface area contributed by atoms with Crippen molar-refractivity contribution in [3.63, 3.8) is 0 Å². The Morgan fingerprint density at radius 1 is 1.28 bits per heavy atom. The maximum absolute atomic E-state index is 9.53. The van der Waals surface area contributed by atoms with E-state index in [9.17, 15) is 5.11 Å². The number of pyridine rings is 1. The lowest BCUT2D eigenvalue weighted by atomic mass is 10.2. The molecule has 18 heavy (non-hydrogen) atoms. The quantitative estimate of drug-likeness (QED) is 0.853. The molecular formula is C14H17N3O. The smallest absolute Gasteiger partial charge is 0.144 e. The summed E-state index contributed by atoms with van der Waals surface area (Å²) < 4.78 is 0. The van der Waals surface area contributed by atoms with Gasteiger partial charge in [-0.1, -0.05) is 0 Å². The Labute approximate surface area is 107 Å². The van der Waals surface area contributed by atoms with E-state index in [2.05, 4.69) is 16.4 Å². The van der Waals surface area contributed by atoms with Gasteiger partial charge in [0.05, 0.1) is 11.7 Å². The van der Waals surface area contributed by atoms with Crippen LogP contribution in [0.25, 0.3) is 0 Å². The van der Waals surface area contributed by atoms with Crippen molar-refractivity contribution in [1.82, 2.24) is 4.98 Å². The van der Waals surface area contributed by atoms with E-state index in [1.807, 2.05) is 12.1 Å². The van der Waals surface area contributed by atoms with Crippen LogP contribution >= 0.6 is 0 Å². The van der Waals surface area contributed by atoms with Crippen LogP contribution in [-0.2, 0) is 0 Å². The van der Waals surface area contributed by atoms with E-state index in [4.69, 9.17) is 5.26 Å². The summed E-state index contributed by atoms with van der Waals surface area (Å²) in [6, 6.07) is 6.24. The van der Waals surface area contributed by atoms with Gasteiger partial charge in [-0.25, -0.2) is 4.98 Å². The molecule has 3 rings (SSSR count). The van der Waals surface area contributed by atoms with Gasteiger partial charge in [-0.3, -0.25) is 0 Å². The second kappa shape index (κ2) is 4.58. The van der Waals surface area contributed by atoms with Crippen LogP contribution in [0.2, 0.25) is 0 Å². The molecule has 0 spiro atoms. The van der Waals surface area contributed by atoms with Crippen molar-refractivity contribution in [3.05, 3.63) is 23.4 Å². The molecule has 1 aromatic rings. The van der Waals surface area contributed by atoms with Gasteiger partial charge in [0.1, 0.15) is 11.9 Å². The summed E-state index contributed by atoms with van der Waals surface area (Å²) in [6.45, 7) is 0. The molecule has 4 heteroatoms. The molecule has 1 heterocycles. The zero-order valence-electron chi connectivity index (χ0n) is 10.3. The Kier molecular flexibility index (Phi) is 2.92. The first-order valence-corrected chi connectivity index (χ1v) is 6.62. The highest BCUT2D eigenvalue weighted by atomic mass is 16.3. The molecule has 0 aromatic carbocycles. The number of nitrogens with zero attached hydrogens (tertiary/aromatic N) is 2. The monoisotopic (exact) mass is 243 g/mol. The first-order valence-electron chi connectivity index (χ1n) is 6.62. The minimum atomic E-state index is -0.209. The first kappa shape index (κ1) is 11.5. The lowest BCUT2D eigenvalue weighted by Gasteiger charge is -2.14. The van der Waals surface area contributed by atoms with Crippen LogP contribution in [0.3, 0.4) is 0 Å². The van der Waals surface area contributed by atoms with E-state index >= 15 is 0 Å². The van der Waals surface area contributed by atoms with Crippen LogP contribution < -0.4 is 5.32 Å². The fourth-order valence-electron chi connectivity index (χ4n) is 2.56. The second-order valence-corrected chi connectivity index (χ2v) is 5.33. The molecule has 0 saturated heterocycles. The summed E-state index contributed by atoms with van der Waals surface area (Å²) in [6.07, 6.45) is 4.74. The number of aromatic nitrogens is 1. The van der Waals surface area contributed by atoms with E-state index in [1.54, 1.807) is 0 Å². The first-order chi connectivity index (χ1) is 8.76. The topological polar surface area (TPSA) is 68.9 Å². The van der Waals surface area contributed by atoms with Crippen LogP contribution in [0, 0.1) is 11.3 Å². The van der Waals surface area contributed by atoms with Crippen molar-refractivity contribution in [1.29, 1.82) is 5.26 Å². The van der Waals surface area contributed by atoms with Crippen molar-refractivity contribution in [2.24, 2.45) is 0 Å². The van der Waals surface area contributed by atoms with E-state index in [-0.39, 0.29) is 12.1 Å². The molecule has 0 aliphatic heterocycles. The van der Waals surface area contributed by atoms with Gasteiger partial charge < -0.3 is 10.4 Å². The molecule has 2 aliphatic carbocycles. The highest BCUT2D eigenvalue weighted by Crippen LogP contribution is 2.39. The van der Waals surface area contributed by atoms with Gasteiger partial charge in [0.25, 0.3) is 0 Å². The van der Waals surface area contributed by atoms with Gasteiger partial charge in [-0.05, 0) is 44.2 Å². The average molecular weight is 243 g/mol. The molecule has 2 N–H and O–H groups in total. The Balaban J connectivity index is 1.80. The fourth-order valence-corrected chi connectivity index (χ4v) is 2.56. The van der Waals surface area contributed by atoms with E-state index in [0.717, 1.165) is 25.0 Å². The summed E-state index contributed by atoms with van der Waals surface area (Å²) >= 11 is 0. The Morgan fingerprint density at radius 2 is 2.11 bits per heavy atom. The molecule has 0 amide bonds. The zero-order chi connectivity index (χ0) is 12.5. The SMILES string of the molecule is N#Cc1ccc(C2CC2)nc1NC1CCC(O)C1. The normalized spacial score (nSPS) is 26.9. The van der Waals surface area contributed by atoms with E-state index in [1.165, 1.54) is 12.8 Å². The standard InChI is InChI=1S/C14H17N3O/c15-8-10-3-6-13(9-1-2-9)17-14(10)16-11-4-5-12(18)7-11/h3,6,9,11-12,18H,1-2,4-5,7H2,(H,16,17). The maximum Gasteiger partial charge on any atom is 0.144 e. The van der Waals surface area contributed by atoms with Gasteiger partial charge in [0.15, 0.2) is 0 Å². The minimum Gasteiger partial charge on any atom is -0.393 e. The van der Waals surface area contributed by atoms with E-state index in [0.29, 0.717) is 17.3 Å². The minimum absolute atomic E-state index is 0.209. The molecule has 4 nitrogen and oxygen atoms in total. The number of aliphatic hydroxyl groups is 1. The predicted molar refractivity (Wildman–Crippen MR) is 68.2 cm³/mol. The van der Waals surface area contributed by atoms with Crippen molar-refractivity contribution >= 4 is 5.82 Å². The van der Waals surface area contributed by atoms with E-state index < -0.39 is 0 Å². The number of nitriles is 1. The number of aliphatic hydroxyl groups excluding tert-OH is 1. The maximum atomic E-state index is 9.53. The average Bonchev–Trinajstić information content (AvgIpc) is 3.14. The molecular weight excluding hydrogens is 226 g/mol. The van der Waals surface area contributed by atoms with Gasteiger partial charge in [-0.15, -0.1) is 0 Å². The number of nitrogens with one attached hydrogen (secondary N) is 1. The Hall–Kier alpha value is -1.60. The number of hydrogen-bond acceptors (Lipinski definition) is 4. The summed E-state index contributed by atoms with van der Waals surface area (Å²) in [5.74, 6) is 1.29. The lowest BCUT2D eigenvalue weighted by Crippen LogP contribution is -2.18. The van der Waals surface area contributed by atoms with Crippen LogP contribution in [0.15, 0.2) is 12.1 Å². The molecule has 1 aromatic heterocycles. The second-order valence-electron chi connectivity index (χ2n) is 5.33. The molecule has 2 fully saturated rings. The van der Waals surface area contributed by atoms with Gasteiger partial charge in [-0.2, -0.15) is 5.26 Å². The molecule has 94 valence electrons. The zero-order valence-corrected chi connectivity index (χ0v) is 10.3. The number of rotatable bonds is 3. The molecule has 2 atom stereocenters. The number of anilines is 1. The highest BCUT2D eigenvalue weighted by molar-refractivity contribution is 5.53. The Bertz CT molecular complexity index is 490. The molecule has 0 radical (unpaired) electrons. The fraction of sp³-hybridized carbons (Fsp3) is 0.571. The van der Waals surface area contributed by atoms with Gasteiger partial charge >= 0.3 is 0 Å². The van der Waals surface area contributed by atoms with Gasteiger partial charge in [0, 0.05) is 17.7 Å². The summed E-state index contributed by atoms with van der Waals surface area (Å²) in [7, 11) is 0. The predicted octanol–water partition coefficient (Wildman–Crippen LogP) is 2.16. The Morgan fingerprint density at radius 3 is 2.72 bits per heavy atom. The third-order valence-corrected chi connectivity index (χ3v) is 3.78. The number of hydrogen-bond donors (Lipinski definition) is 2. The third-order valence-electron chi connectivity index (χ3n) is 3.78. The van der Waals surface area contributed by atoms with Crippen LogP contribution in [-0.4, -0.2) is 22.2 Å². The summed E-state index contributed by atoms with van der Waals surface area (Å²) in [4.78, 5) is 4.58. The van der Waals surface area contributed by atoms with Crippen molar-refractivity contribution in [2.75, 3.05) is 5.32 Å². The van der Waals surface area contributed by atoms with Crippen molar-refractivity contribution < 1.29 is 5.11 Å². The molecule has 0 bridgehead atoms. The van der Waals surface area contributed by atoms with Crippen LogP contribution in [0.4, 0.5) is 5.82 Å². The molecule has 2 saturated carbocycles. The molecule has 2 aliphatic rings. The van der Waals surface area contributed by atoms with Gasteiger partial charge in [0.2, 0.25) is 0 Å². The largest absolute Gasteiger partial charge is 0.393 e. The summed E-state index contributed by atoms with van der Waals surface area (Å²) in [5.41, 5.74) is 1.69. The lowest BCUT2D eigenvalue weighted by molar-refractivity contribution is 0.182.